The van der Waals surface area contributed by atoms with Crippen LogP contribution in [0, 0.1) is 11.7 Å². The summed E-state index contributed by atoms with van der Waals surface area (Å²) in [6, 6.07) is 5.36. The number of amides is 3. The number of hydrogen-bond donors (Lipinski definition) is 2. The first-order valence-electron chi connectivity index (χ1n) is 7.54. The fraction of sp³-hybridized carbons (Fsp3) is 0.438. The third kappa shape index (κ3) is 4.51. The molecule has 1 aliphatic heterocycles. The van der Waals surface area contributed by atoms with E-state index in [9.17, 15) is 18.8 Å². The van der Waals surface area contributed by atoms with Crippen molar-refractivity contribution < 1.29 is 18.8 Å². The lowest BCUT2D eigenvalue weighted by Gasteiger charge is -2.32. The van der Waals surface area contributed by atoms with Crippen LogP contribution in [0.2, 0.25) is 0 Å². The third-order valence-corrected chi connectivity index (χ3v) is 3.87. The van der Waals surface area contributed by atoms with Gasteiger partial charge in [0.2, 0.25) is 11.8 Å². The molecule has 1 aromatic carbocycles. The largest absolute Gasteiger partial charge is 0.358 e. The molecule has 6 nitrogen and oxygen atoms in total. The molecule has 2 N–H and O–H groups in total. The smallest absolute Gasteiger partial charge is 0.253 e. The second-order valence-corrected chi connectivity index (χ2v) is 5.49. The first kappa shape index (κ1) is 16.9. The van der Waals surface area contributed by atoms with E-state index in [2.05, 4.69) is 10.6 Å². The molecular formula is C16H20FN3O3. The minimum absolute atomic E-state index is 0.0717. The summed E-state index contributed by atoms with van der Waals surface area (Å²) in [4.78, 5) is 37.2. The van der Waals surface area contributed by atoms with Gasteiger partial charge in [-0.3, -0.25) is 14.4 Å². The van der Waals surface area contributed by atoms with Crippen molar-refractivity contribution in [3.63, 3.8) is 0 Å². The van der Waals surface area contributed by atoms with Crippen molar-refractivity contribution >= 4 is 17.7 Å². The summed E-state index contributed by atoms with van der Waals surface area (Å²) in [6.07, 6.45) is 1.39. The summed E-state index contributed by atoms with van der Waals surface area (Å²) < 4.78 is 12.9. The van der Waals surface area contributed by atoms with Gasteiger partial charge >= 0.3 is 0 Å². The summed E-state index contributed by atoms with van der Waals surface area (Å²) in [7, 11) is 1.50. The lowest BCUT2D eigenvalue weighted by molar-refractivity contribution is -0.129. The SMILES string of the molecule is CNC(=O)CNC(=O)C1CCCN(C(=O)c2ccc(F)cc2)C1. The molecule has 0 bridgehead atoms. The Hall–Kier alpha value is -2.44. The number of halogens is 1. The van der Waals surface area contributed by atoms with E-state index >= 15 is 0 Å². The molecule has 1 atom stereocenters. The maximum absolute atomic E-state index is 12.9. The fourth-order valence-corrected chi connectivity index (χ4v) is 2.55. The molecule has 2 rings (SSSR count). The van der Waals surface area contributed by atoms with E-state index in [1.165, 1.54) is 31.3 Å². The number of piperidine rings is 1. The molecule has 0 aliphatic carbocycles. The maximum atomic E-state index is 12.9. The van der Waals surface area contributed by atoms with Gasteiger partial charge < -0.3 is 15.5 Å². The second kappa shape index (κ2) is 7.71. The van der Waals surface area contributed by atoms with Gasteiger partial charge in [-0.15, -0.1) is 0 Å². The molecule has 23 heavy (non-hydrogen) atoms. The zero-order valence-electron chi connectivity index (χ0n) is 13.0. The van der Waals surface area contributed by atoms with Gasteiger partial charge in [-0.1, -0.05) is 0 Å². The molecule has 0 aromatic heterocycles. The molecular weight excluding hydrogens is 301 g/mol. The highest BCUT2D eigenvalue weighted by molar-refractivity contribution is 5.94. The number of rotatable bonds is 4. The Balaban J connectivity index is 1.94. The molecule has 0 spiro atoms. The predicted molar refractivity (Wildman–Crippen MR) is 82.1 cm³/mol. The molecule has 1 aromatic rings. The summed E-state index contributed by atoms with van der Waals surface area (Å²) >= 11 is 0. The zero-order valence-corrected chi connectivity index (χ0v) is 13.0. The summed E-state index contributed by atoms with van der Waals surface area (Å²) in [5, 5.41) is 5.00. The van der Waals surface area contributed by atoms with E-state index in [-0.39, 0.29) is 30.2 Å². The van der Waals surface area contributed by atoms with Crippen molar-refractivity contribution in [2.75, 3.05) is 26.7 Å². The van der Waals surface area contributed by atoms with Gasteiger partial charge in [-0.2, -0.15) is 0 Å². The van der Waals surface area contributed by atoms with E-state index < -0.39 is 5.82 Å². The number of carbonyl (C=O) groups is 3. The molecule has 0 radical (unpaired) electrons. The zero-order chi connectivity index (χ0) is 16.8. The van der Waals surface area contributed by atoms with Crippen LogP contribution < -0.4 is 10.6 Å². The van der Waals surface area contributed by atoms with Crippen LogP contribution in [0.5, 0.6) is 0 Å². The van der Waals surface area contributed by atoms with Crippen molar-refractivity contribution in [3.05, 3.63) is 35.6 Å². The van der Waals surface area contributed by atoms with Crippen molar-refractivity contribution in [2.45, 2.75) is 12.8 Å². The van der Waals surface area contributed by atoms with Crippen LogP contribution in [-0.4, -0.2) is 49.3 Å². The highest BCUT2D eigenvalue weighted by atomic mass is 19.1. The fourth-order valence-electron chi connectivity index (χ4n) is 2.55. The molecule has 0 saturated carbocycles. The average Bonchev–Trinajstić information content (AvgIpc) is 2.59. The Morgan fingerprint density at radius 2 is 1.96 bits per heavy atom. The lowest BCUT2D eigenvalue weighted by atomic mass is 9.96. The van der Waals surface area contributed by atoms with Crippen molar-refractivity contribution in [1.82, 2.24) is 15.5 Å². The van der Waals surface area contributed by atoms with Crippen molar-refractivity contribution in [3.8, 4) is 0 Å². The summed E-state index contributed by atoms with van der Waals surface area (Å²) in [5.41, 5.74) is 0.401. The van der Waals surface area contributed by atoms with Crippen LogP contribution in [0.1, 0.15) is 23.2 Å². The number of nitrogens with one attached hydrogen (secondary N) is 2. The molecule has 124 valence electrons. The van der Waals surface area contributed by atoms with Crippen LogP contribution in [-0.2, 0) is 9.59 Å². The van der Waals surface area contributed by atoms with Gasteiger partial charge in [0.05, 0.1) is 12.5 Å². The number of carbonyl (C=O) groups excluding carboxylic acids is 3. The van der Waals surface area contributed by atoms with E-state index in [4.69, 9.17) is 0 Å². The molecule has 1 unspecified atom stereocenters. The van der Waals surface area contributed by atoms with Gasteiger partial charge in [0.1, 0.15) is 5.82 Å². The van der Waals surface area contributed by atoms with E-state index in [0.717, 1.165) is 0 Å². The Morgan fingerprint density at radius 1 is 1.26 bits per heavy atom. The number of benzene rings is 1. The topological polar surface area (TPSA) is 78.5 Å². The lowest BCUT2D eigenvalue weighted by Crippen LogP contribution is -2.47. The number of hydrogen-bond acceptors (Lipinski definition) is 3. The third-order valence-electron chi connectivity index (χ3n) is 3.87. The van der Waals surface area contributed by atoms with Crippen LogP contribution in [0.15, 0.2) is 24.3 Å². The predicted octanol–water partition coefficient (Wildman–Crippen LogP) is 0.540. The number of nitrogens with zero attached hydrogens (tertiary/aromatic N) is 1. The quantitative estimate of drug-likeness (QED) is 0.849. The molecule has 1 heterocycles. The highest BCUT2D eigenvalue weighted by Crippen LogP contribution is 2.19. The Kier molecular flexibility index (Phi) is 5.67. The van der Waals surface area contributed by atoms with E-state index in [0.29, 0.717) is 31.5 Å². The first-order valence-corrected chi connectivity index (χ1v) is 7.54. The molecule has 1 saturated heterocycles. The van der Waals surface area contributed by atoms with Crippen LogP contribution in [0.4, 0.5) is 4.39 Å². The molecule has 3 amide bonds. The first-order chi connectivity index (χ1) is 11.0. The highest BCUT2D eigenvalue weighted by Gasteiger charge is 2.29. The normalized spacial score (nSPS) is 17.5. The average molecular weight is 321 g/mol. The monoisotopic (exact) mass is 321 g/mol. The Bertz CT molecular complexity index is 589. The van der Waals surface area contributed by atoms with Gasteiger partial charge in [0.15, 0.2) is 0 Å². The minimum atomic E-state index is -0.397. The minimum Gasteiger partial charge on any atom is -0.358 e. The maximum Gasteiger partial charge on any atom is 0.253 e. The van der Waals surface area contributed by atoms with Crippen LogP contribution >= 0.6 is 0 Å². The number of likely N-dealkylation sites (N-methyl/N-ethyl adjacent to an activating group) is 1. The summed E-state index contributed by atoms with van der Waals surface area (Å²) in [6.45, 7) is 0.795. The van der Waals surface area contributed by atoms with Gasteiger partial charge in [-0.25, -0.2) is 4.39 Å². The van der Waals surface area contributed by atoms with Gasteiger partial charge in [-0.05, 0) is 37.1 Å². The van der Waals surface area contributed by atoms with E-state index in [1.54, 1.807) is 4.90 Å². The Labute approximate surface area is 134 Å². The van der Waals surface area contributed by atoms with Crippen LogP contribution in [0.3, 0.4) is 0 Å². The number of likely N-dealkylation sites (tertiary alicyclic amines) is 1. The van der Waals surface area contributed by atoms with E-state index in [1.807, 2.05) is 0 Å². The standard InChI is InChI=1S/C16H20FN3O3/c1-18-14(21)9-19-15(22)12-3-2-8-20(10-12)16(23)11-4-6-13(17)7-5-11/h4-7,12H,2-3,8-10H2,1H3,(H,18,21)(H,19,22). The van der Waals surface area contributed by atoms with Gasteiger partial charge in [0.25, 0.3) is 5.91 Å². The second-order valence-electron chi connectivity index (χ2n) is 5.49. The van der Waals surface area contributed by atoms with Crippen molar-refractivity contribution in [2.24, 2.45) is 5.92 Å². The van der Waals surface area contributed by atoms with Crippen molar-refractivity contribution in [1.29, 1.82) is 0 Å². The van der Waals surface area contributed by atoms with Crippen LogP contribution in [0.25, 0.3) is 0 Å². The van der Waals surface area contributed by atoms with Gasteiger partial charge in [0, 0.05) is 25.7 Å². The molecule has 1 aliphatic rings. The Morgan fingerprint density at radius 3 is 2.61 bits per heavy atom. The summed E-state index contributed by atoms with van der Waals surface area (Å²) in [5.74, 6) is -1.45. The molecule has 1 fully saturated rings. The molecule has 7 heteroatoms.